The molecule has 0 bridgehead atoms. The highest BCUT2D eigenvalue weighted by Crippen LogP contribution is 2.37. The maximum atomic E-state index is 12.3. The SMILES string of the molecule is CCS(=O)Nc1cc(-c2cc(C)c(=O)n(C)c2)cc2c1nc(OC)n2CC1CC1. The van der Waals surface area contributed by atoms with Crippen LogP contribution in [0, 0.1) is 12.8 Å². The average molecular weight is 415 g/mol. The second-order valence-corrected chi connectivity index (χ2v) is 9.08. The average Bonchev–Trinajstić information content (AvgIpc) is 3.45. The fraction of sp³-hybridized carbons (Fsp3) is 0.429. The van der Waals surface area contributed by atoms with Gasteiger partial charge in [0.15, 0.2) is 0 Å². The summed E-state index contributed by atoms with van der Waals surface area (Å²) in [7, 11) is 2.17. The molecule has 0 aliphatic heterocycles. The number of aromatic nitrogens is 3. The monoisotopic (exact) mass is 414 g/mol. The fourth-order valence-electron chi connectivity index (χ4n) is 3.57. The van der Waals surface area contributed by atoms with Crippen LogP contribution in [-0.2, 0) is 24.6 Å². The molecule has 154 valence electrons. The molecule has 8 heteroatoms. The van der Waals surface area contributed by atoms with Gasteiger partial charge in [0.05, 0.1) is 18.3 Å². The number of nitrogens with one attached hydrogen (secondary N) is 1. The Hall–Kier alpha value is -2.61. The number of fused-ring (bicyclic) bond motifs is 1. The summed E-state index contributed by atoms with van der Waals surface area (Å²) in [5.41, 5.74) is 4.92. The molecule has 29 heavy (non-hydrogen) atoms. The highest BCUT2D eigenvalue weighted by atomic mass is 32.2. The van der Waals surface area contributed by atoms with Gasteiger partial charge in [-0.15, -0.1) is 0 Å². The minimum Gasteiger partial charge on any atom is -0.468 e. The first-order valence-corrected chi connectivity index (χ1v) is 11.1. The standard InChI is InChI=1S/C21H26N4O3S/c1-5-29(27)23-17-9-15(16-8-13(2)20(26)24(3)12-16)10-18-19(17)22-21(28-4)25(18)11-14-6-7-14/h8-10,12,14,23H,5-7,11H2,1-4H3. The van der Waals surface area contributed by atoms with Crippen molar-refractivity contribution in [3.63, 3.8) is 0 Å². The summed E-state index contributed by atoms with van der Waals surface area (Å²) in [6.45, 7) is 4.54. The molecule has 7 nitrogen and oxygen atoms in total. The van der Waals surface area contributed by atoms with Crippen molar-refractivity contribution in [2.45, 2.75) is 33.2 Å². The third-order valence-electron chi connectivity index (χ3n) is 5.32. The lowest BCUT2D eigenvalue weighted by Crippen LogP contribution is -2.18. The fourth-order valence-corrected chi connectivity index (χ4v) is 4.11. The van der Waals surface area contributed by atoms with E-state index in [4.69, 9.17) is 4.74 Å². The summed E-state index contributed by atoms with van der Waals surface area (Å²) in [6.07, 6.45) is 4.26. The van der Waals surface area contributed by atoms with Crippen LogP contribution < -0.4 is 15.0 Å². The van der Waals surface area contributed by atoms with Crippen molar-refractivity contribution in [1.82, 2.24) is 14.1 Å². The molecule has 0 spiro atoms. The molecular formula is C21H26N4O3S. The van der Waals surface area contributed by atoms with E-state index in [2.05, 4.69) is 20.3 Å². The molecule has 0 amide bonds. The summed E-state index contributed by atoms with van der Waals surface area (Å²) in [6, 6.07) is 6.48. The van der Waals surface area contributed by atoms with E-state index < -0.39 is 11.0 Å². The van der Waals surface area contributed by atoms with E-state index in [1.807, 2.05) is 32.2 Å². The van der Waals surface area contributed by atoms with Crippen molar-refractivity contribution in [2.24, 2.45) is 13.0 Å². The third-order valence-corrected chi connectivity index (χ3v) is 6.29. The second-order valence-electron chi connectivity index (χ2n) is 7.61. The zero-order valence-corrected chi connectivity index (χ0v) is 18.0. The molecule has 1 fully saturated rings. The van der Waals surface area contributed by atoms with Gasteiger partial charge in [-0.3, -0.25) is 9.36 Å². The minimum atomic E-state index is -1.20. The molecule has 1 aliphatic carbocycles. The predicted molar refractivity (Wildman–Crippen MR) is 117 cm³/mol. The Kier molecular flexibility index (Phi) is 5.21. The molecule has 4 rings (SSSR count). The first kappa shape index (κ1) is 19.7. The number of hydrogen-bond acceptors (Lipinski definition) is 4. The third kappa shape index (κ3) is 3.81. The maximum Gasteiger partial charge on any atom is 0.297 e. The van der Waals surface area contributed by atoms with Crippen molar-refractivity contribution in [2.75, 3.05) is 17.6 Å². The Balaban J connectivity index is 1.95. The lowest BCUT2D eigenvalue weighted by Gasteiger charge is -2.12. The molecule has 0 radical (unpaired) electrons. The highest BCUT2D eigenvalue weighted by Gasteiger charge is 2.26. The number of hydrogen-bond donors (Lipinski definition) is 1. The number of rotatable bonds is 7. The van der Waals surface area contributed by atoms with Gasteiger partial charge in [-0.2, -0.15) is 4.98 Å². The van der Waals surface area contributed by atoms with E-state index in [1.165, 1.54) is 12.8 Å². The minimum absolute atomic E-state index is 0.0132. The van der Waals surface area contributed by atoms with Crippen LogP contribution in [-0.4, -0.2) is 31.2 Å². The maximum absolute atomic E-state index is 12.3. The van der Waals surface area contributed by atoms with Crippen molar-refractivity contribution < 1.29 is 8.95 Å². The molecule has 1 N–H and O–H groups in total. The van der Waals surface area contributed by atoms with Gasteiger partial charge in [0.2, 0.25) is 0 Å². The molecule has 3 aromatic rings. The Labute approximate surface area is 172 Å². The van der Waals surface area contributed by atoms with Gasteiger partial charge in [0.25, 0.3) is 11.6 Å². The van der Waals surface area contributed by atoms with Crippen molar-refractivity contribution >= 4 is 27.7 Å². The Bertz CT molecular complexity index is 1130. The predicted octanol–water partition coefficient (Wildman–Crippen LogP) is 3.22. The van der Waals surface area contributed by atoms with Crippen molar-refractivity contribution in [3.8, 4) is 17.1 Å². The number of ether oxygens (including phenoxy) is 1. The number of benzene rings is 1. The van der Waals surface area contributed by atoms with Gasteiger partial charge in [-0.05, 0) is 55.0 Å². The molecule has 1 unspecified atom stereocenters. The zero-order chi connectivity index (χ0) is 20.7. The van der Waals surface area contributed by atoms with Crippen LogP contribution in [0.25, 0.3) is 22.2 Å². The summed E-state index contributed by atoms with van der Waals surface area (Å²) in [5, 5.41) is 0. The molecule has 2 heterocycles. The van der Waals surface area contributed by atoms with Gasteiger partial charge in [-0.1, -0.05) is 6.92 Å². The van der Waals surface area contributed by atoms with Crippen LogP contribution >= 0.6 is 0 Å². The van der Waals surface area contributed by atoms with E-state index in [0.29, 0.717) is 28.9 Å². The van der Waals surface area contributed by atoms with E-state index >= 15 is 0 Å². The zero-order valence-electron chi connectivity index (χ0n) is 17.2. The smallest absolute Gasteiger partial charge is 0.297 e. The number of aryl methyl sites for hydroxylation is 2. The number of imidazole rings is 1. The topological polar surface area (TPSA) is 78.2 Å². The second kappa shape index (κ2) is 7.67. The van der Waals surface area contributed by atoms with E-state index in [-0.39, 0.29) is 5.56 Å². The molecule has 1 aromatic carbocycles. The number of pyridine rings is 1. The molecule has 2 aromatic heterocycles. The summed E-state index contributed by atoms with van der Waals surface area (Å²) < 4.78 is 24.6. The first-order valence-electron chi connectivity index (χ1n) is 9.82. The lowest BCUT2D eigenvalue weighted by molar-refractivity contribution is 0.356. The molecule has 1 aliphatic rings. The van der Waals surface area contributed by atoms with Crippen LogP contribution in [0.2, 0.25) is 0 Å². The Morgan fingerprint density at radius 1 is 1.28 bits per heavy atom. The van der Waals surface area contributed by atoms with E-state index in [1.54, 1.807) is 18.7 Å². The van der Waals surface area contributed by atoms with E-state index in [9.17, 15) is 9.00 Å². The molecule has 1 saturated carbocycles. The lowest BCUT2D eigenvalue weighted by atomic mass is 10.0. The van der Waals surface area contributed by atoms with Gasteiger partial charge in [0.1, 0.15) is 16.5 Å². The van der Waals surface area contributed by atoms with Crippen LogP contribution in [0.5, 0.6) is 6.01 Å². The number of nitrogens with zero attached hydrogens (tertiary/aromatic N) is 3. The Morgan fingerprint density at radius 2 is 2.03 bits per heavy atom. The van der Waals surface area contributed by atoms with Crippen molar-refractivity contribution in [3.05, 3.63) is 40.3 Å². The van der Waals surface area contributed by atoms with Crippen LogP contribution in [0.1, 0.15) is 25.3 Å². The number of methoxy groups -OCH3 is 1. The van der Waals surface area contributed by atoms with Crippen LogP contribution in [0.3, 0.4) is 0 Å². The summed E-state index contributed by atoms with van der Waals surface area (Å²) in [4.78, 5) is 16.8. The summed E-state index contributed by atoms with van der Waals surface area (Å²) >= 11 is 0. The normalized spacial score (nSPS) is 14.9. The molecule has 0 saturated heterocycles. The Morgan fingerprint density at radius 3 is 2.66 bits per heavy atom. The van der Waals surface area contributed by atoms with Gasteiger partial charge >= 0.3 is 0 Å². The van der Waals surface area contributed by atoms with Gasteiger partial charge < -0.3 is 14.0 Å². The van der Waals surface area contributed by atoms with Gasteiger partial charge in [0, 0.05) is 31.1 Å². The van der Waals surface area contributed by atoms with E-state index in [0.717, 1.165) is 28.7 Å². The highest BCUT2D eigenvalue weighted by molar-refractivity contribution is 7.86. The number of anilines is 1. The van der Waals surface area contributed by atoms with Crippen LogP contribution in [0.15, 0.2) is 29.2 Å². The van der Waals surface area contributed by atoms with Crippen LogP contribution in [0.4, 0.5) is 5.69 Å². The first-order chi connectivity index (χ1) is 13.9. The summed E-state index contributed by atoms with van der Waals surface area (Å²) in [5.74, 6) is 1.14. The van der Waals surface area contributed by atoms with Gasteiger partial charge in [-0.25, -0.2) is 4.21 Å². The quantitative estimate of drug-likeness (QED) is 0.644. The molecule has 1 atom stereocenters. The molecular weight excluding hydrogens is 388 g/mol. The van der Waals surface area contributed by atoms with Crippen molar-refractivity contribution in [1.29, 1.82) is 0 Å². The largest absolute Gasteiger partial charge is 0.468 e.